The van der Waals surface area contributed by atoms with Crippen molar-refractivity contribution in [1.82, 2.24) is 5.32 Å². The highest BCUT2D eigenvalue weighted by molar-refractivity contribution is 5.95. The van der Waals surface area contributed by atoms with Gasteiger partial charge in [-0.05, 0) is 36.6 Å². The largest absolute Gasteiger partial charge is 0.394 e. The van der Waals surface area contributed by atoms with Crippen LogP contribution in [0.15, 0.2) is 18.2 Å². The van der Waals surface area contributed by atoms with Crippen molar-refractivity contribution >= 4 is 5.91 Å². The fourth-order valence-corrected chi connectivity index (χ4v) is 1.55. The third-order valence-corrected chi connectivity index (χ3v) is 2.75. The van der Waals surface area contributed by atoms with Crippen LogP contribution >= 0.6 is 0 Å². The maximum Gasteiger partial charge on any atom is 0.251 e. The SMILES string of the molecule is Cc1cc(F)ccc1C(=O)NC(CO)C(C)C. The van der Waals surface area contributed by atoms with E-state index < -0.39 is 0 Å². The number of nitrogens with one attached hydrogen (secondary N) is 1. The number of aliphatic hydroxyl groups excluding tert-OH is 1. The molecule has 0 fully saturated rings. The van der Waals surface area contributed by atoms with Crippen molar-refractivity contribution in [2.24, 2.45) is 5.92 Å². The second-order valence-electron chi connectivity index (χ2n) is 4.47. The highest BCUT2D eigenvalue weighted by Crippen LogP contribution is 2.11. The van der Waals surface area contributed by atoms with Crippen LogP contribution < -0.4 is 5.32 Å². The number of hydrogen-bond donors (Lipinski definition) is 2. The summed E-state index contributed by atoms with van der Waals surface area (Å²) in [6, 6.07) is 3.74. The van der Waals surface area contributed by atoms with Gasteiger partial charge < -0.3 is 10.4 Å². The fourth-order valence-electron chi connectivity index (χ4n) is 1.55. The first-order valence-electron chi connectivity index (χ1n) is 5.63. The second-order valence-corrected chi connectivity index (χ2v) is 4.47. The van der Waals surface area contributed by atoms with Crippen molar-refractivity contribution in [2.75, 3.05) is 6.61 Å². The zero-order valence-electron chi connectivity index (χ0n) is 10.3. The van der Waals surface area contributed by atoms with E-state index in [1.165, 1.54) is 18.2 Å². The first kappa shape index (κ1) is 13.6. The van der Waals surface area contributed by atoms with Gasteiger partial charge in [-0.3, -0.25) is 4.79 Å². The van der Waals surface area contributed by atoms with Gasteiger partial charge in [0.2, 0.25) is 0 Å². The van der Waals surface area contributed by atoms with E-state index in [2.05, 4.69) is 5.32 Å². The number of benzene rings is 1. The van der Waals surface area contributed by atoms with Gasteiger partial charge in [-0.1, -0.05) is 13.8 Å². The normalized spacial score (nSPS) is 12.6. The Bertz CT molecular complexity index is 404. The van der Waals surface area contributed by atoms with Gasteiger partial charge in [0.25, 0.3) is 5.91 Å². The summed E-state index contributed by atoms with van der Waals surface area (Å²) in [7, 11) is 0. The van der Waals surface area contributed by atoms with Gasteiger partial charge in [0.1, 0.15) is 5.82 Å². The summed E-state index contributed by atoms with van der Waals surface area (Å²) in [6.45, 7) is 5.41. The van der Waals surface area contributed by atoms with Gasteiger partial charge in [0.05, 0.1) is 12.6 Å². The quantitative estimate of drug-likeness (QED) is 0.842. The molecular formula is C13H18FNO2. The predicted molar refractivity (Wildman–Crippen MR) is 64.3 cm³/mol. The summed E-state index contributed by atoms with van der Waals surface area (Å²) in [4.78, 5) is 11.9. The van der Waals surface area contributed by atoms with Crippen LogP contribution in [0.2, 0.25) is 0 Å². The summed E-state index contributed by atoms with van der Waals surface area (Å²) in [6.07, 6.45) is 0. The first-order chi connectivity index (χ1) is 7.95. The standard InChI is InChI=1S/C13H18FNO2/c1-8(2)12(7-16)15-13(17)11-5-4-10(14)6-9(11)3/h4-6,8,12,16H,7H2,1-3H3,(H,15,17). The number of aryl methyl sites for hydroxylation is 1. The van der Waals surface area contributed by atoms with Gasteiger partial charge >= 0.3 is 0 Å². The zero-order valence-corrected chi connectivity index (χ0v) is 10.3. The molecule has 0 aromatic heterocycles. The predicted octanol–water partition coefficient (Wildman–Crippen LogP) is 1.88. The molecule has 0 radical (unpaired) electrons. The third-order valence-electron chi connectivity index (χ3n) is 2.75. The molecule has 0 spiro atoms. The third kappa shape index (κ3) is 3.53. The molecule has 1 aromatic carbocycles. The topological polar surface area (TPSA) is 49.3 Å². The van der Waals surface area contributed by atoms with E-state index in [9.17, 15) is 9.18 Å². The molecule has 0 saturated heterocycles. The molecule has 1 rings (SSSR count). The van der Waals surface area contributed by atoms with Crippen LogP contribution in [-0.4, -0.2) is 23.7 Å². The molecule has 2 N–H and O–H groups in total. The number of amides is 1. The molecule has 0 heterocycles. The highest BCUT2D eigenvalue weighted by Gasteiger charge is 2.17. The number of aliphatic hydroxyl groups is 1. The molecule has 1 amide bonds. The van der Waals surface area contributed by atoms with Crippen molar-refractivity contribution in [3.8, 4) is 0 Å². The lowest BCUT2D eigenvalue weighted by Crippen LogP contribution is -2.41. The van der Waals surface area contributed by atoms with Crippen LogP contribution in [0.25, 0.3) is 0 Å². The molecule has 1 aromatic rings. The van der Waals surface area contributed by atoms with Crippen LogP contribution in [0.1, 0.15) is 29.8 Å². The Morgan fingerprint density at radius 2 is 2.12 bits per heavy atom. The minimum Gasteiger partial charge on any atom is -0.394 e. The number of halogens is 1. The minimum atomic E-state index is -0.360. The van der Waals surface area contributed by atoms with Gasteiger partial charge in [-0.15, -0.1) is 0 Å². The Morgan fingerprint density at radius 3 is 2.59 bits per heavy atom. The Morgan fingerprint density at radius 1 is 1.47 bits per heavy atom. The van der Waals surface area contributed by atoms with Crippen LogP contribution in [0.5, 0.6) is 0 Å². The van der Waals surface area contributed by atoms with Gasteiger partial charge in [0, 0.05) is 5.56 Å². The molecule has 1 unspecified atom stereocenters. The molecule has 1 atom stereocenters. The Kier molecular flexibility index (Phi) is 4.63. The van der Waals surface area contributed by atoms with Gasteiger partial charge in [-0.2, -0.15) is 0 Å². The van der Waals surface area contributed by atoms with Crippen LogP contribution in [-0.2, 0) is 0 Å². The maximum absolute atomic E-state index is 12.9. The lowest BCUT2D eigenvalue weighted by Gasteiger charge is -2.20. The monoisotopic (exact) mass is 239 g/mol. The number of carbonyl (C=O) groups is 1. The lowest BCUT2D eigenvalue weighted by molar-refractivity contribution is 0.0896. The molecule has 0 aliphatic carbocycles. The molecule has 94 valence electrons. The maximum atomic E-state index is 12.9. The van der Waals surface area contributed by atoms with Gasteiger partial charge in [0.15, 0.2) is 0 Å². The second kappa shape index (κ2) is 5.77. The van der Waals surface area contributed by atoms with Crippen molar-refractivity contribution < 1.29 is 14.3 Å². The van der Waals surface area contributed by atoms with E-state index in [0.717, 1.165) is 0 Å². The number of carbonyl (C=O) groups excluding carboxylic acids is 1. The van der Waals surface area contributed by atoms with E-state index in [1.807, 2.05) is 13.8 Å². The van der Waals surface area contributed by atoms with E-state index in [1.54, 1.807) is 6.92 Å². The Hall–Kier alpha value is -1.42. The van der Waals surface area contributed by atoms with E-state index in [0.29, 0.717) is 11.1 Å². The van der Waals surface area contributed by atoms with Crippen LogP contribution in [0.4, 0.5) is 4.39 Å². The summed E-state index contributed by atoms with van der Waals surface area (Å²) in [5.74, 6) is -0.499. The Labute approximate surface area is 101 Å². The zero-order chi connectivity index (χ0) is 13.0. The summed E-state index contributed by atoms with van der Waals surface area (Å²) in [5.41, 5.74) is 1.02. The van der Waals surface area contributed by atoms with E-state index in [4.69, 9.17) is 5.11 Å². The van der Waals surface area contributed by atoms with E-state index >= 15 is 0 Å². The van der Waals surface area contributed by atoms with Crippen molar-refractivity contribution in [2.45, 2.75) is 26.8 Å². The summed E-state index contributed by atoms with van der Waals surface area (Å²) < 4.78 is 12.9. The minimum absolute atomic E-state index is 0.107. The average Bonchev–Trinajstić information content (AvgIpc) is 2.24. The first-order valence-corrected chi connectivity index (χ1v) is 5.63. The van der Waals surface area contributed by atoms with Gasteiger partial charge in [-0.25, -0.2) is 4.39 Å². The van der Waals surface area contributed by atoms with Crippen LogP contribution in [0, 0.1) is 18.7 Å². The average molecular weight is 239 g/mol. The molecule has 0 saturated carbocycles. The highest BCUT2D eigenvalue weighted by atomic mass is 19.1. The van der Waals surface area contributed by atoms with Crippen LogP contribution in [0.3, 0.4) is 0 Å². The molecule has 0 aliphatic rings. The molecule has 4 heteroatoms. The molecule has 3 nitrogen and oxygen atoms in total. The fraction of sp³-hybridized carbons (Fsp3) is 0.462. The van der Waals surface area contributed by atoms with Crippen molar-refractivity contribution in [1.29, 1.82) is 0 Å². The molecule has 17 heavy (non-hydrogen) atoms. The van der Waals surface area contributed by atoms with Crippen molar-refractivity contribution in [3.63, 3.8) is 0 Å². The molecular weight excluding hydrogens is 221 g/mol. The van der Waals surface area contributed by atoms with E-state index in [-0.39, 0.29) is 30.3 Å². The summed E-state index contributed by atoms with van der Waals surface area (Å²) in [5, 5.41) is 11.9. The Balaban J connectivity index is 2.82. The smallest absolute Gasteiger partial charge is 0.251 e. The molecule has 0 aliphatic heterocycles. The summed E-state index contributed by atoms with van der Waals surface area (Å²) >= 11 is 0. The number of hydrogen-bond acceptors (Lipinski definition) is 2. The lowest BCUT2D eigenvalue weighted by atomic mass is 10.0. The number of rotatable bonds is 4. The molecule has 0 bridgehead atoms. The van der Waals surface area contributed by atoms with Crippen molar-refractivity contribution in [3.05, 3.63) is 35.1 Å².